The average Bonchev–Trinajstić information content (AvgIpc) is 3.34. The number of alkyl halides is 3. The van der Waals surface area contributed by atoms with Crippen molar-refractivity contribution in [1.82, 2.24) is 0 Å². The average molecular weight is 852 g/mol. The monoisotopic (exact) mass is 851 g/mol. The third-order valence-electron chi connectivity index (χ3n) is 14.1. The molecule has 3 aliphatic carbocycles. The molecule has 0 bridgehead atoms. The van der Waals surface area contributed by atoms with Crippen molar-refractivity contribution in [2.75, 3.05) is 4.90 Å². The number of hydrogen-bond acceptors (Lipinski definition) is 1. The van der Waals surface area contributed by atoms with Crippen molar-refractivity contribution < 1.29 is 13.2 Å². The molecule has 0 aromatic heterocycles. The Kier molecular flexibility index (Phi) is 13.2. The molecular formula is C60H60F3N. The first-order valence-electron chi connectivity index (χ1n) is 23.8. The molecule has 64 heavy (non-hydrogen) atoms. The van der Waals surface area contributed by atoms with E-state index in [0.717, 1.165) is 125 Å². The highest BCUT2D eigenvalue weighted by Gasteiger charge is 2.35. The molecule has 0 spiro atoms. The van der Waals surface area contributed by atoms with E-state index in [9.17, 15) is 0 Å². The van der Waals surface area contributed by atoms with Gasteiger partial charge in [-0.3, -0.25) is 0 Å². The van der Waals surface area contributed by atoms with E-state index in [4.69, 9.17) is 0 Å². The van der Waals surface area contributed by atoms with Gasteiger partial charge >= 0.3 is 0 Å². The van der Waals surface area contributed by atoms with Gasteiger partial charge in [-0.2, -0.15) is 0 Å². The van der Waals surface area contributed by atoms with Crippen molar-refractivity contribution >= 4 is 53.5 Å². The predicted molar refractivity (Wildman–Crippen MR) is 265 cm³/mol. The second-order valence-electron chi connectivity index (χ2n) is 18.6. The van der Waals surface area contributed by atoms with Gasteiger partial charge < -0.3 is 4.90 Å². The molecule has 6 aromatic rings. The Morgan fingerprint density at radius 1 is 0.266 bits per heavy atom. The molecule has 3 fully saturated rings. The second-order valence-corrected chi connectivity index (χ2v) is 18.6. The molecule has 3 aliphatic rings. The van der Waals surface area contributed by atoms with E-state index in [1.807, 2.05) is 72.8 Å². The molecule has 0 N–H and O–H groups in total. The standard InChI is InChI=1S/C60H60F3N/c61-58(40-4-1-5-41-58)52-28-16-46(17-29-52)10-13-49-22-34-55(35-23-49)64(56-36-24-50(25-37-56)14-11-47-18-30-53(31-19-47)59(62)42-6-2-7-43-59)57-38-26-51(27-39-57)15-12-48-20-32-54(33-21-48)60(63)44-8-3-9-45-60/h10-39H,1-9,40-45H2/b13-10+,14-11+,15-12+. The van der Waals surface area contributed by atoms with E-state index in [-0.39, 0.29) is 0 Å². The van der Waals surface area contributed by atoms with Crippen LogP contribution in [0.2, 0.25) is 0 Å². The first-order chi connectivity index (χ1) is 31.2. The van der Waals surface area contributed by atoms with Crippen LogP contribution in [0.3, 0.4) is 0 Å². The van der Waals surface area contributed by atoms with Crippen LogP contribution in [0.1, 0.15) is 146 Å². The summed E-state index contributed by atoms with van der Waals surface area (Å²) >= 11 is 0. The molecule has 0 radical (unpaired) electrons. The Morgan fingerprint density at radius 3 is 0.656 bits per heavy atom. The molecule has 326 valence electrons. The third-order valence-corrected chi connectivity index (χ3v) is 14.1. The molecule has 0 unspecified atom stereocenters. The van der Waals surface area contributed by atoms with Crippen LogP contribution < -0.4 is 4.90 Å². The lowest BCUT2D eigenvalue weighted by Crippen LogP contribution is -2.23. The van der Waals surface area contributed by atoms with Crippen molar-refractivity contribution in [1.29, 1.82) is 0 Å². The van der Waals surface area contributed by atoms with Crippen molar-refractivity contribution in [3.05, 3.63) is 196 Å². The fraction of sp³-hybridized carbons (Fsp3) is 0.300. The minimum Gasteiger partial charge on any atom is -0.311 e. The highest BCUT2D eigenvalue weighted by atomic mass is 19.2. The zero-order valence-corrected chi connectivity index (χ0v) is 37.0. The topological polar surface area (TPSA) is 3.24 Å². The summed E-state index contributed by atoms with van der Waals surface area (Å²) < 4.78 is 46.7. The first kappa shape index (κ1) is 43.4. The summed E-state index contributed by atoms with van der Waals surface area (Å²) in [6.45, 7) is 0. The molecule has 0 atom stereocenters. The molecule has 9 rings (SSSR count). The smallest absolute Gasteiger partial charge is 0.136 e. The van der Waals surface area contributed by atoms with Gasteiger partial charge in [0.15, 0.2) is 0 Å². The van der Waals surface area contributed by atoms with Crippen LogP contribution in [0.25, 0.3) is 36.5 Å². The van der Waals surface area contributed by atoms with E-state index in [1.165, 1.54) is 0 Å². The van der Waals surface area contributed by atoms with Gasteiger partial charge in [0.2, 0.25) is 0 Å². The lowest BCUT2D eigenvalue weighted by Gasteiger charge is -2.29. The number of anilines is 3. The molecule has 4 heteroatoms. The quantitative estimate of drug-likeness (QED) is 0.111. The van der Waals surface area contributed by atoms with Crippen LogP contribution in [0.5, 0.6) is 0 Å². The van der Waals surface area contributed by atoms with Crippen molar-refractivity contribution in [2.45, 2.75) is 113 Å². The van der Waals surface area contributed by atoms with E-state index in [0.29, 0.717) is 38.5 Å². The molecule has 0 saturated heterocycles. The van der Waals surface area contributed by atoms with Crippen LogP contribution >= 0.6 is 0 Å². The highest BCUT2D eigenvalue weighted by Crippen LogP contribution is 2.43. The van der Waals surface area contributed by atoms with Gasteiger partial charge in [0, 0.05) is 17.1 Å². The Morgan fingerprint density at radius 2 is 0.453 bits per heavy atom. The van der Waals surface area contributed by atoms with E-state index < -0.39 is 17.0 Å². The third kappa shape index (κ3) is 10.2. The molecule has 0 aliphatic heterocycles. The van der Waals surface area contributed by atoms with Gasteiger partial charge in [0.25, 0.3) is 0 Å². The second kappa shape index (κ2) is 19.5. The molecule has 1 nitrogen and oxygen atoms in total. The number of hydrogen-bond donors (Lipinski definition) is 0. The van der Waals surface area contributed by atoms with Gasteiger partial charge in [0.1, 0.15) is 17.0 Å². The van der Waals surface area contributed by atoms with Gasteiger partial charge in [-0.15, -0.1) is 0 Å². The molecule has 3 saturated carbocycles. The maximum atomic E-state index is 15.6. The molecular weight excluding hydrogens is 792 g/mol. The van der Waals surface area contributed by atoms with Crippen molar-refractivity contribution in [3.8, 4) is 0 Å². The highest BCUT2D eigenvalue weighted by molar-refractivity contribution is 5.80. The van der Waals surface area contributed by atoms with Crippen molar-refractivity contribution in [2.24, 2.45) is 0 Å². The number of nitrogens with zero attached hydrogens (tertiary/aromatic N) is 1. The number of halogens is 3. The van der Waals surface area contributed by atoms with Gasteiger partial charge in [-0.25, -0.2) is 13.2 Å². The summed E-state index contributed by atoms with van der Waals surface area (Å²) in [5.74, 6) is 0. The zero-order valence-electron chi connectivity index (χ0n) is 37.0. The zero-order chi connectivity index (χ0) is 43.8. The SMILES string of the molecule is FC1(c2ccc(/C=C/c3ccc(N(c4ccc(/C=C/c5ccc(C6(F)CCCCC6)cc5)cc4)c4ccc(/C=C/c5ccc(C6(F)CCCCC6)cc5)cc4)cc3)cc2)CCCCC1. The summed E-state index contributed by atoms with van der Waals surface area (Å²) in [6, 6.07) is 49.6. The normalized spacial score (nSPS) is 18.4. The van der Waals surface area contributed by atoms with E-state index in [1.54, 1.807) is 0 Å². The lowest BCUT2D eigenvalue weighted by molar-refractivity contribution is 0.106. The Labute approximate surface area is 379 Å². The van der Waals surface area contributed by atoms with Gasteiger partial charge in [0.05, 0.1) is 0 Å². The number of benzene rings is 6. The minimum absolute atomic E-state index is 0.617. The van der Waals surface area contributed by atoms with Crippen LogP contribution in [0.15, 0.2) is 146 Å². The fourth-order valence-electron chi connectivity index (χ4n) is 10.1. The molecule has 0 amide bonds. The molecule has 6 aromatic carbocycles. The Bertz CT molecular complexity index is 2220. The van der Waals surface area contributed by atoms with Gasteiger partial charge in [-0.05, 0) is 164 Å². The van der Waals surface area contributed by atoms with E-state index >= 15 is 13.2 Å². The first-order valence-corrected chi connectivity index (χ1v) is 23.8. The largest absolute Gasteiger partial charge is 0.311 e. The summed E-state index contributed by atoms with van der Waals surface area (Å²) in [7, 11) is 0. The molecule has 0 heterocycles. The lowest BCUT2D eigenvalue weighted by atomic mass is 9.81. The van der Waals surface area contributed by atoms with E-state index in [2.05, 4.69) is 114 Å². The fourth-order valence-corrected chi connectivity index (χ4v) is 10.1. The summed E-state index contributed by atoms with van der Waals surface area (Å²) in [5.41, 5.74) is 8.28. The Hall–Kier alpha value is -5.87. The van der Waals surface area contributed by atoms with Gasteiger partial charge in [-0.1, -0.05) is 165 Å². The van der Waals surface area contributed by atoms with Crippen LogP contribution in [-0.4, -0.2) is 0 Å². The van der Waals surface area contributed by atoms with Crippen LogP contribution in [-0.2, 0) is 17.0 Å². The van der Waals surface area contributed by atoms with Crippen molar-refractivity contribution in [3.63, 3.8) is 0 Å². The summed E-state index contributed by atoms with van der Waals surface area (Å²) in [6.07, 6.45) is 25.4. The van der Waals surface area contributed by atoms with Crippen LogP contribution in [0.4, 0.5) is 30.2 Å². The van der Waals surface area contributed by atoms with Crippen LogP contribution in [0, 0.1) is 0 Å². The summed E-state index contributed by atoms with van der Waals surface area (Å²) in [5, 5.41) is 0. The predicted octanol–water partition coefficient (Wildman–Crippen LogP) is 18.1. The maximum absolute atomic E-state index is 15.6. The maximum Gasteiger partial charge on any atom is 0.136 e. The Balaban J connectivity index is 0.925. The summed E-state index contributed by atoms with van der Waals surface area (Å²) in [4.78, 5) is 2.26. The number of rotatable bonds is 12. The minimum atomic E-state index is -1.19.